The molecule has 0 aliphatic carbocycles. The minimum Gasteiger partial charge on any atom is -0.0843 e. The summed E-state index contributed by atoms with van der Waals surface area (Å²) in [7, 11) is 0. The summed E-state index contributed by atoms with van der Waals surface area (Å²) in [5.74, 6) is 0. The highest BCUT2D eigenvalue weighted by molar-refractivity contribution is 14.1. The maximum atomic E-state index is 6.25. The van der Waals surface area contributed by atoms with Crippen molar-refractivity contribution in [2.45, 2.75) is 11.8 Å². The van der Waals surface area contributed by atoms with Gasteiger partial charge in [0.15, 0.2) is 0 Å². The van der Waals surface area contributed by atoms with E-state index in [1.807, 2.05) is 12.1 Å². The second-order valence-electron chi connectivity index (χ2n) is 4.01. The van der Waals surface area contributed by atoms with E-state index in [9.17, 15) is 0 Å². The molecule has 4 heteroatoms. The van der Waals surface area contributed by atoms with Crippen molar-refractivity contribution in [3.05, 3.63) is 66.7 Å². The molecule has 0 N–H and O–H groups in total. The summed E-state index contributed by atoms with van der Waals surface area (Å²) in [5, 5.41) is 1.34. The molecule has 94 valence electrons. The smallest absolute Gasteiger partial charge is 0.0669 e. The Morgan fingerprint density at radius 3 is 2.50 bits per heavy atom. The molecular weight excluding hydrogens is 446 g/mol. The van der Waals surface area contributed by atoms with E-state index in [0.717, 1.165) is 5.56 Å². The van der Waals surface area contributed by atoms with Crippen molar-refractivity contribution in [1.82, 2.24) is 0 Å². The van der Waals surface area contributed by atoms with Crippen LogP contribution in [0, 0.1) is 10.5 Å². The highest BCUT2D eigenvalue weighted by atomic mass is 127. The Balaban J connectivity index is 2.48. The first-order valence-corrected chi connectivity index (χ1v) is 8.09. The van der Waals surface area contributed by atoms with Crippen LogP contribution in [0.25, 0.3) is 0 Å². The first kappa shape index (κ1) is 14.6. The summed E-state index contributed by atoms with van der Waals surface area (Å²) in [4.78, 5) is 0.0778. The molecule has 0 radical (unpaired) electrons. The molecule has 0 spiro atoms. The van der Waals surface area contributed by atoms with Crippen LogP contribution < -0.4 is 0 Å². The van der Waals surface area contributed by atoms with Gasteiger partial charge in [-0.05, 0) is 58.3 Å². The average molecular weight is 456 g/mol. The van der Waals surface area contributed by atoms with Crippen LogP contribution in [0.15, 0.2) is 36.4 Å². The molecule has 0 bridgehead atoms. The summed E-state index contributed by atoms with van der Waals surface area (Å²) in [6.07, 6.45) is 0. The zero-order valence-electron chi connectivity index (χ0n) is 9.55. The van der Waals surface area contributed by atoms with Crippen LogP contribution >= 0.6 is 61.7 Å². The summed E-state index contributed by atoms with van der Waals surface area (Å²) < 4.78 is 1.25. The molecule has 18 heavy (non-hydrogen) atoms. The van der Waals surface area contributed by atoms with Crippen molar-refractivity contribution in [3.8, 4) is 0 Å². The zero-order valence-corrected chi connectivity index (χ0v) is 14.8. The third-order valence-corrected chi connectivity index (χ3v) is 5.75. The third-order valence-electron chi connectivity index (χ3n) is 2.73. The second-order valence-corrected chi connectivity index (χ2v) is 6.84. The molecule has 0 saturated carbocycles. The molecule has 0 fully saturated rings. The zero-order chi connectivity index (χ0) is 13.3. The highest BCUT2D eigenvalue weighted by Crippen LogP contribution is 2.38. The number of aryl methyl sites for hydroxylation is 1. The van der Waals surface area contributed by atoms with Gasteiger partial charge in [-0.25, -0.2) is 0 Å². The van der Waals surface area contributed by atoms with E-state index >= 15 is 0 Å². The summed E-state index contributed by atoms with van der Waals surface area (Å²) in [5.41, 5.74) is 3.52. The molecule has 0 aromatic heterocycles. The Morgan fingerprint density at radius 2 is 1.83 bits per heavy atom. The van der Waals surface area contributed by atoms with Crippen molar-refractivity contribution in [2.24, 2.45) is 0 Å². The Hall–Kier alpha value is 0.230. The van der Waals surface area contributed by atoms with Gasteiger partial charge < -0.3 is 0 Å². The fourth-order valence-electron chi connectivity index (χ4n) is 1.74. The maximum Gasteiger partial charge on any atom is 0.0669 e. The van der Waals surface area contributed by atoms with E-state index in [1.165, 1.54) is 14.7 Å². The average Bonchev–Trinajstić information content (AvgIpc) is 2.32. The molecule has 0 saturated heterocycles. The molecular formula is C14H10BrCl2I. The molecule has 0 aliphatic rings. The number of rotatable bonds is 2. The van der Waals surface area contributed by atoms with Gasteiger partial charge in [-0.3, -0.25) is 0 Å². The molecule has 0 heterocycles. The van der Waals surface area contributed by atoms with Gasteiger partial charge in [0.05, 0.1) is 4.83 Å². The van der Waals surface area contributed by atoms with E-state index in [2.05, 4.69) is 63.6 Å². The first-order chi connectivity index (χ1) is 8.50. The molecule has 0 nitrogen and oxygen atoms in total. The Morgan fingerprint density at radius 1 is 1.11 bits per heavy atom. The van der Waals surface area contributed by atoms with Gasteiger partial charge in [0.2, 0.25) is 0 Å². The number of hydrogen-bond donors (Lipinski definition) is 0. The standard InChI is InChI=1S/C14H10BrCl2I/c1-8-3-2-4-11(14(8)18)13(15)10-6-5-9(16)7-12(10)17/h2-7,13H,1H3. The van der Waals surface area contributed by atoms with E-state index in [4.69, 9.17) is 23.2 Å². The lowest BCUT2D eigenvalue weighted by molar-refractivity contribution is 1.15. The van der Waals surface area contributed by atoms with E-state index in [1.54, 1.807) is 6.07 Å². The fraction of sp³-hybridized carbons (Fsp3) is 0.143. The summed E-state index contributed by atoms with van der Waals surface area (Å²) in [6.45, 7) is 2.11. The molecule has 1 atom stereocenters. The maximum absolute atomic E-state index is 6.25. The van der Waals surface area contributed by atoms with E-state index in [-0.39, 0.29) is 4.83 Å². The van der Waals surface area contributed by atoms with E-state index in [0.29, 0.717) is 10.0 Å². The lowest BCUT2D eigenvalue weighted by atomic mass is 10.0. The monoisotopic (exact) mass is 454 g/mol. The van der Waals surface area contributed by atoms with Crippen molar-refractivity contribution in [1.29, 1.82) is 0 Å². The molecule has 2 aromatic carbocycles. The SMILES string of the molecule is Cc1cccc(C(Br)c2ccc(Cl)cc2Cl)c1I. The van der Waals surface area contributed by atoms with Gasteiger partial charge in [0, 0.05) is 13.6 Å². The van der Waals surface area contributed by atoms with E-state index < -0.39 is 0 Å². The minimum absolute atomic E-state index is 0.0778. The fourth-order valence-corrected chi connectivity index (χ4v) is 4.27. The summed E-state index contributed by atoms with van der Waals surface area (Å²) >= 11 is 18.3. The highest BCUT2D eigenvalue weighted by Gasteiger charge is 2.17. The quantitative estimate of drug-likeness (QED) is 0.363. The van der Waals surface area contributed by atoms with Crippen molar-refractivity contribution >= 4 is 61.7 Å². The topological polar surface area (TPSA) is 0 Å². The molecule has 0 amide bonds. The van der Waals surface area contributed by atoms with Gasteiger partial charge in [0.1, 0.15) is 0 Å². The Kier molecular flexibility index (Phi) is 4.98. The van der Waals surface area contributed by atoms with Crippen LogP contribution in [0.2, 0.25) is 10.0 Å². The molecule has 0 aliphatic heterocycles. The molecule has 2 aromatic rings. The number of halogens is 4. The molecule has 2 rings (SSSR count). The third kappa shape index (κ3) is 3.03. The molecule has 1 unspecified atom stereocenters. The van der Waals surface area contributed by atoms with Gasteiger partial charge in [-0.2, -0.15) is 0 Å². The second kappa shape index (κ2) is 6.12. The summed E-state index contributed by atoms with van der Waals surface area (Å²) in [6, 6.07) is 11.9. The van der Waals surface area contributed by atoms with Gasteiger partial charge in [0.25, 0.3) is 0 Å². The Bertz CT molecular complexity index is 584. The van der Waals surface area contributed by atoms with Gasteiger partial charge in [-0.15, -0.1) is 0 Å². The largest absolute Gasteiger partial charge is 0.0843 e. The normalized spacial score (nSPS) is 12.5. The number of benzene rings is 2. The predicted octanol–water partition coefficient (Wildman–Crippen LogP) is 6.39. The van der Waals surface area contributed by atoms with Gasteiger partial charge in [-0.1, -0.05) is 63.4 Å². The lowest BCUT2D eigenvalue weighted by Gasteiger charge is -2.15. The van der Waals surface area contributed by atoms with Gasteiger partial charge >= 0.3 is 0 Å². The number of alkyl halides is 1. The first-order valence-electron chi connectivity index (χ1n) is 5.34. The van der Waals surface area contributed by atoms with Crippen molar-refractivity contribution in [2.75, 3.05) is 0 Å². The van der Waals surface area contributed by atoms with Crippen LogP contribution in [0.3, 0.4) is 0 Å². The van der Waals surface area contributed by atoms with Crippen LogP contribution in [-0.4, -0.2) is 0 Å². The van der Waals surface area contributed by atoms with Crippen molar-refractivity contribution < 1.29 is 0 Å². The predicted molar refractivity (Wildman–Crippen MR) is 91.1 cm³/mol. The van der Waals surface area contributed by atoms with Crippen molar-refractivity contribution in [3.63, 3.8) is 0 Å². The van der Waals surface area contributed by atoms with Crippen LogP contribution in [0.5, 0.6) is 0 Å². The number of hydrogen-bond acceptors (Lipinski definition) is 0. The van der Waals surface area contributed by atoms with Crippen LogP contribution in [0.4, 0.5) is 0 Å². The van der Waals surface area contributed by atoms with Crippen LogP contribution in [0.1, 0.15) is 21.5 Å². The van der Waals surface area contributed by atoms with Crippen LogP contribution in [-0.2, 0) is 0 Å². The lowest BCUT2D eigenvalue weighted by Crippen LogP contribution is -1.98. The minimum atomic E-state index is 0.0778. The Labute approximate surface area is 139 Å².